The Morgan fingerprint density at radius 2 is 2.18 bits per heavy atom. The predicted molar refractivity (Wildman–Crippen MR) is 80.0 cm³/mol. The summed E-state index contributed by atoms with van der Waals surface area (Å²) in [6.07, 6.45) is 5.81. The van der Waals surface area contributed by atoms with E-state index in [4.69, 9.17) is 0 Å². The summed E-state index contributed by atoms with van der Waals surface area (Å²) in [5, 5.41) is 3.66. The minimum absolute atomic E-state index is 0.629. The van der Waals surface area contributed by atoms with Crippen molar-refractivity contribution >= 4 is 11.8 Å². The summed E-state index contributed by atoms with van der Waals surface area (Å²) in [4.78, 5) is 0. The first-order valence-electron chi connectivity index (χ1n) is 6.54. The molecule has 1 rings (SSSR count). The van der Waals surface area contributed by atoms with E-state index in [2.05, 4.69) is 49.7 Å². The number of benzene rings is 1. The fraction of sp³-hybridized carbons (Fsp3) is 0.600. The Morgan fingerprint density at radius 3 is 2.82 bits per heavy atom. The molecule has 0 bridgehead atoms. The SMILES string of the molecule is CCCNC(CCSC)Cc1cccc(C)c1. The first-order valence-corrected chi connectivity index (χ1v) is 7.93. The normalized spacial score (nSPS) is 12.6. The molecule has 1 nitrogen and oxygen atoms in total. The van der Waals surface area contributed by atoms with Gasteiger partial charge in [0.15, 0.2) is 0 Å². The van der Waals surface area contributed by atoms with Crippen LogP contribution in [0.1, 0.15) is 30.9 Å². The third kappa shape index (κ3) is 6.13. The van der Waals surface area contributed by atoms with Gasteiger partial charge >= 0.3 is 0 Å². The molecule has 0 amide bonds. The molecule has 0 saturated heterocycles. The molecular weight excluding hydrogens is 226 g/mol. The average molecular weight is 251 g/mol. The van der Waals surface area contributed by atoms with Crippen molar-refractivity contribution in [3.8, 4) is 0 Å². The lowest BCUT2D eigenvalue weighted by molar-refractivity contribution is 0.497. The maximum atomic E-state index is 3.66. The highest BCUT2D eigenvalue weighted by Crippen LogP contribution is 2.10. The summed E-state index contributed by atoms with van der Waals surface area (Å²) in [6, 6.07) is 9.51. The summed E-state index contributed by atoms with van der Waals surface area (Å²) < 4.78 is 0. The third-order valence-corrected chi connectivity index (χ3v) is 3.56. The van der Waals surface area contributed by atoms with E-state index in [0.717, 1.165) is 13.0 Å². The van der Waals surface area contributed by atoms with E-state index < -0.39 is 0 Å². The molecule has 1 aromatic carbocycles. The van der Waals surface area contributed by atoms with Crippen molar-refractivity contribution in [3.63, 3.8) is 0 Å². The van der Waals surface area contributed by atoms with Crippen LogP contribution in [0.25, 0.3) is 0 Å². The predicted octanol–water partition coefficient (Wildman–Crippen LogP) is 3.66. The largest absolute Gasteiger partial charge is 0.314 e. The van der Waals surface area contributed by atoms with Crippen LogP contribution in [0.5, 0.6) is 0 Å². The highest BCUT2D eigenvalue weighted by Gasteiger charge is 2.08. The van der Waals surface area contributed by atoms with Crippen molar-refractivity contribution in [1.82, 2.24) is 5.32 Å². The molecule has 0 radical (unpaired) electrons. The number of nitrogens with one attached hydrogen (secondary N) is 1. The molecule has 0 aliphatic heterocycles. The van der Waals surface area contributed by atoms with Crippen molar-refractivity contribution in [2.45, 2.75) is 39.2 Å². The summed E-state index contributed by atoms with van der Waals surface area (Å²) in [5.74, 6) is 1.24. The highest BCUT2D eigenvalue weighted by atomic mass is 32.2. The van der Waals surface area contributed by atoms with E-state index in [9.17, 15) is 0 Å². The van der Waals surface area contributed by atoms with Gasteiger partial charge in [0.2, 0.25) is 0 Å². The number of aryl methyl sites for hydroxylation is 1. The molecule has 1 N–H and O–H groups in total. The fourth-order valence-electron chi connectivity index (χ4n) is 2.01. The minimum atomic E-state index is 0.629. The Kier molecular flexibility index (Phi) is 7.38. The summed E-state index contributed by atoms with van der Waals surface area (Å²) in [5.41, 5.74) is 2.82. The molecule has 0 fully saturated rings. The van der Waals surface area contributed by atoms with Gasteiger partial charge in [-0.25, -0.2) is 0 Å². The third-order valence-electron chi connectivity index (χ3n) is 2.92. The zero-order valence-electron chi connectivity index (χ0n) is 11.3. The van der Waals surface area contributed by atoms with E-state index in [1.165, 1.54) is 29.7 Å². The number of hydrogen-bond acceptors (Lipinski definition) is 2. The molecule has 2 heteroatoms. The second kappa shape index (κ2) is 8.60. The number of hydrogen-bond donors (Lipinski definition) is 1. The zero-order chi connectivity index (χ0) is 12.5. The Bertz CT molecular complexity index is 304. The van der Waals surface area contributed by atoms with Gasteiger partial charge in [-0.1, -0.05) is 36.8 Å². The molecule has 0 heterocycles. The van der Waals surface area contributed by atoms with Crippen molar-refractivity contribution in [2.75, 3.05) is 18.6 Å². The van der Waals surface area contributed by atoms with Crippen LogP contribution in [-0.2, 0) is 6.42 Å². The Hall–Kier alpha value is -0.470. The van der Waals surface area contributed by atoms with Gasteiger partial charge in [-0.2, -0.15) is 11.8 Å². The van der Waals surface area contributed by atoms with E-state index in [-0.39, 0.29) is 0 Å². The van der Waals surface area contributed by atoms with Crippen LogP contribution < -0.4 is 5.32 Å². The fourth-order valence-corrected chi connectivity index (χ4v) is 2.53. The van der Waals surface area contributed by atoms with Crippen LogP contribution in [0.2, 0.25) is 0 Å². The van der Waals surface area contributed by atoms with Gasteiger partial charge in [0, 0.05) is 6.04 Å². The molecule has 1 unspecified atom stereocenters. The Labute approximate surface area is 110 Å². The molecule has 1 aromatic rings. The molecule has 96 valence electrons. The van der Waals surface area contributed by atoms with Crippen LogP contribution >= 0.6 is 11.8 Å². The zero-order valence-corrected chi connectivity index (χ0v) is 12.1. The lowest BCUT2D eigenvalue weighted by Crippen LogP contribution is -2.32. The second-order valence-corrected chi connectivity index (χ2v) is 5.61. The monoisotopic (exact) mass is 251 g/mol. The van der Waals surface area contributed by atoms with Crippen LogP contribution in [-0.4, -0.2) is 24.6 Å². The van der Waals surface area contributed by atoms with Gasteiger partial charge in [-0.3, -0.25) is 0 Å². The van der Waals surface area contributed by atoms with Crippen LogP contribution in [0.4, 0.5) is 0 Å². The van der Waals surface area contributed by atoms with Crippen molar-refractivity contribution < 1.29 is 0 Å². The van der Waals surface area contributed by atoms with Gasteiger partial charge in [-0.15, -0.1) is 0 Å². The van der Waals surface area contributed by atoms with E-state index in [1.54, 1.807) is 0 Å². The maximum absolute atomic E-state index is 3.66. The highest BCUT2D eigenvalue weighted by molar-refractivity contribution is 7.98. The molecule has 0 spiro atoms. The van der Waals surface area contributed by atoms with Crippen LogP contribution in [0.15, 0.2) is 24.3 Å². The molecule has 17 heavy (non-hydrogen) atoms. The quantitative estimate of drug-likeness (QED) is 0.757. The summed E-state index contributed by atoms with van der Waals surface area (Å²) >= 11 is 1.94. The van der Waals surface area contributed by atoms with Gasteiger partial charge < -0.3 is 5.32 Å². The van der Waals surface area contributed by atoms with E-state index >= 15 is 0 Å². The average Bonchev–Trinajstić information content (AvgIpc) is 2.32. The molecule has 1 atom stereocenters. The standard InChI is InChI=1S/C15H25NS/c1-4-9-16-15(8-10-17-3)12-14-7-5-6-13(2)11-14/h5-7,11,15-16H,4,8-10,12H2,1-3H3. The van der Waals surface area contributed by atoms with Crippen LogP contribution in [0, 0.1) is 6.92 Å². The summed E-state index contributed by atoms with van der Waals surface area (Å²) in [6.45, 7) is 5.52. The van der Waals surface area contributed by atoms with E-state index in [0.29, 0.717) is 6.04 Å². The number of thioether (sulfide) groups is 1. The van der Waals surface area contributed by atoms with E-state index in [1.807, 2.05) is 11.8 Å². The maximum Gasteiger partial charge on any atom is 0.0115 e. The van der Waals surface area contributed by atoms with Gasteiger partial charge in [0.1, 0.15) is 0 Å². The summed E-state index contributed by atoms with van der Waals surface area (Å²) in [7, 11) is 0. The van der Waals surface area contributed by atoms with Crippen molar-refractivity contribution in [1.29, 1.82) is 0 Å². The van der Waals surface area contributed by atoms with Crippen molar-refractivity contribution in [2.24, 2.45) is 0 Å². The first kappa shape index (κ1) is 14.6. The first-order chi connectivity index (χ1) is 8.26. The molecule has 0 saturated carbocycles. The molecule has 0 aliphatic rings. The molecule has 0 aliphatic carbocycles. The second-order valence-electron chi connectivity index (χ2n) is 4.63. The van der Waals surface area contributed by atoms with Crippen molar-refractivity contribution in [3.05, 3.63) is 35.4 Å². The van der Waals surface area contributed by atoms with Crippen LogP contribution in [0.3, 0.4) is 0 Å². The minimum Gasteiger partial charge on any atom is -0.314 e. The topological polar surface area (TPSA) is 12.0 Å². The molecular formula is C15H25NS. The molecule has 0 aromatic heterocycles. The lowest BCUT2D eigenvalue weighted by atomic mass is 10.0. The van der Waals surface area contributed by atoms with Gasteiger partial charge in [-0.05, 0) is 50.3 Å². The van der Waals surface area contributed by atoms with Gasteiger partial charge in [0.05, 0.1) is 0 Å². The Balaban J connectivity index is 2.51. The number of rotatable bonds is 8. The smallest absolute Gasteiger partial charge is 0.0115 e. The lowest BCUT2D eigenvalue weighted by Gasteiger charge is -2.18. The van der Waals surface area contributed by atoms with Gasteiger partial charge in [0.25, 0.3) is 0 Å². The Morgan fingerprint density at radius 1 is 1.35 bits per heavy atom.